The molecule has 0 saturated carbocycles. The number of benzene rings is 1. The lowest BCUT2D eigenvalue weighted by Crippen LogP contribution is -2.07. The van der Waals surface area contributed by atoms with Crippen molar-refractivity contribution in [3.05, 3.63) is 46.7 Å². The Morgan fingerprint density at radius 2 is 2.18 bits per heavy atom. The van der Waals surface area contributed by atoms with Crippen LogP contribution in [0.1, 0.15) is 11.3 Å². The fourth-order valence-corrected chi connectivity index (χ4v) is 2.29. The van der Waals surface area contributed by atoms with E-state index in [2.05, 4.69) is 4.98 Å². The van der Waals surface area contributed by atoms with E-state index < -0.39 is 0 Å². The maximum atomic E-state index is 8.85. The van der Waals surface area contributed by atoms with Gasteiger partial charge in [-0.1, -0.05) is 29.8 Å². The number of nitriles is 1. The summed E-state index contributed by atoms with van der Waals surface area (Å²) in [7, 11) is 0. The van der Waals surface area contributed by atoms with Crippen LogP contribution >= 0.6 is 11.6 Å². The highest BCUT2D eigenvalue weighted by molar-refractivity contribution is 6.32. The van der Waals surface area contributed by atoms with Crippen LogP contribution in [0.15, 0.2) is 30.3 Å². The molecule has 82 valence electrons. The predicted molar refractivity (Wildman–Crippen MR) is 63.7 cm³/mol. The first-order valence-electron chi connectivity index (χ1n) is 5.11. The van der Waals surface area contributed by atoms with Crippen LogP contribution in [-0.4, -0.2) is 4.98 Å². The third kappa shape index (κ3) is 1.54. The van der Waals surface area contributed by atoms with Crippen LogP contribution in [0.4, 0.5) is 0 Å². The van der Waals surface area contributed by atoms with Crippen molar-refractivity contribution in [3.8, 4) is 22.9 Å². The van der Waals surface area contributed by atoms with Crippen LogP contribution in [-0.2, 0) is 6.61 Å². The van der Waals surface area contributed by atoms with Gasteiger partial charge in [0.2, 0.25) is 0 Å². The Hall–Kier alpha value is -2.05. The van der Waals surface area contributed by atoms with Gasteiger partial charge in [0, 0.05) is 16.7 Å². The fourth-order valence-electron chi connectivity index (χ4n) is 1.97. The van der Waals surface area contributed by atoms with Crippen molar-refractivity contribution in [2.45, 2.75) is 6.61 Å². The number of rotatable bonds is 0. The number of hydrogen-bond donors (Lipinski definition) is 0. The monoisotopic (exact) mass is 242 g/mol. The Bertz CT molecular complexity index is 646. The van der Waals surface area contributed by atoms with Crippen LogP contribution in [0.5, 0.6) is 5.75 Å². The molecule has 1 aliphatic heterocycles. The quantitative estimate of drug-likeness (QED) is 0.667. The molecule has 0 radical (unpaired) electrons. The summed E-state index contributed by atoms with van der Waals surface area (Å²) >= 11 is 6.14. The van der Waals surface area contributed by atoms with Crippen molar-refractivity contribution in [2.75, 3.05) is 0 Å². The smallest absolute Gasteiger partial charge is 0.142 e. The van der Waals surface area contributed by atoms with Gasteiger partial charge in [0.05, 0.1) is 0 Å². The molecule has 17 heavy (non-hydrogen) atoms. The summed E-state index contributed by atoms with van der Waals surface area (Å²) in [4.78, 5) is 4.05. The minimum atomic E-state index is 0.316. The van der Waals surface area contributed by atoms with Gasteiger partial charge in [-0.3, -0.25) is 0 Å². The molecule has 0 aliphatic carbocycles. The molecule has 1 aliphatic rings. The maximum absolute atomic E-state index is 8.85. The van der Waals surface area contributed by atoms with E-state index in [0.29, 0.717) is 17.5 Å². The number of nitrogens with zero attached hydrogens (tertiary/aromatic N) is 2. The van der Waals surface area contributed by atoms with Crippen LogP contribution in [0.25, 0.3) is 11.1 Å². The van der Waals surface area contributed by atoms with Crippen LogP contribution < -0.4 is 4.74 Å². The molecule has 4 heteroatoms. The minimum absolute atomic E-state index is 0.316. The molecule has 1 aromatic heterocycles. The number of hydrogen-bond acceptors (Lipinski definition) is 3. The summed E-state index contributed by atoms with van der Waals surface area (Å²) in [6.07, 6.45) is 0. The molecule has 0 bridgehead atoms. The number of fused-ring (bicyclic) bond motifs is 3. The number of ether oxygens (including phenoxy) is 1. The lowest BCUT2D eigenvalue weighted by atomic mass is 9.98. The average Bonchev–Trinajstić information content (AvgIpc) is 2.37. The molecule has 3 nitrogen and oxygen atoms in total. The molecule has 0 atom stereocenters. The highest BCUT2D eigenvalue weighted by Gasteiger charge is 2.21. The van der Waals surface area contributed by atoms with E-state index in [1.807, 2.05) is 30.3 Å². The normalized spacial score (nSPS) is 12.0. The zero-order valence-electron chi connectivity index (χ0n) is 8.77. The Kier molecular flexibility index (Phi) is 2.24. The lowest BCUT2D eigenvalue weighted by Gasteiger charge is -2.21. The minimum Gasteiger partial charge on any atom is -0.488 e. The second-order valence-electron chi connectivity index (χ2n) is 3.73. The number of aromatic nitrogens is 1. The van der Waals surface area contributed by atoms with Gasteiger partial charge in [0.25, 0.3) is 0 Å². The molecule has 0 spiro atoms. The first-order valence-corrected chi connectivity index (χ1v) is 5.49. The third-order valence-corrected chi connectivity index (χ3v) is 2.98. The van der Waals surface area contributed by atoms with Gasteiger partial charge in [-0.15, -0.1) is 0 Å². The molecule has 0 unspecified atom stereocenters. The summed E-state index contributed by atoms with van der Waals surface area (Å²) in [5.41, 5.74) is 3.01. The van der Waals surface area contributed by atoms with Gasteiger partial charge >= 0.3 is 0 Å². The molecule has 2 heterocycles. The summed E-state index contributed by atoms with van der Waals surface area (Å²) < 4.78 is 5.61. The lowest BCUT2D eigenvalue weighted by molar-refractivity contribution is 0.302. The molecule has 0 fully saturated rings. The third-order valence-electron chi connectivity index (χ3n) is 2.71. The van der Waals surface area contributed by atoms with E-state index in [-0.39, 0.29) is 0 Å². The highest BCUT2D eigenvalue weighted by Crippen LogP contribution is 2.40. The second-order valence-corrected chi connectivity index (χ2v) is 4.09. The molecular formula is C13H7ClN2O. The molecule has 1 aromatic carbocycles. The van der Waals surface area contributed by atoms with E-state index in [1.165, 1.54) is 0 Å². The van der Waals surface area contributed by atoms with Crippen molar-refractivity contribution in [3.63, 3.8) is 0 Å². The van der Waals surface area contributed by atoms with Gasteiger partial charge in [-0.25, -0.2) is 4.98 Å². The van der Waals surface area contributed by atoms with Crippen LogP contribution in [0, 0.1) is 11.3 Å². The number of pyridine rings is 1. The van der Waals surface area contributed by atoms with Crippen molar-refractivity contribution in [1.82, 2.24) is 4.98 Å². The average molecular weight is 243 g/mol. The summed E-state index contributed by atoms with van der Waals surface area (Å²) in [5.74, 6) is 0.799. The van der Waals surface area contributed by atoms with Crippen LogP contribution in [0.2, 0.25) is 5.15 Å². The first-order chi connectivity index (χ1) is 8.29. The Morgan fingerprint density at radius 1 is 1.35 bits per heavy atom. The van der Waals surface area contributed by atoms with E-state index in [9.17, 15) is 0 Å². The topological polar surface area (TPSA) is 45.9 Å². The van der Waals surface area contributed by atoms with Crippen molar-refractivity contribution < 1.29 is 4.74 Å². The Morgan fingerprint density at radius 3 is 3.00 bits per heavy atom. The molecule has 0 N–H and O–H groups in total. The zero-order chi connectivity index (χ0) is 11.8. The second kappa shape index (κ2) is 3.76. The summed E-state index contributed by atoms with van der Waals surface area (Å²) in [5, 5.41) is 9.20. The standard InChI is InChI=1S/C13H7ClN2O/c14-13-12-8(5-9(6-15)16-13)7-17-11-4-2-1-3-10(11)12/h1-5H,7H2. The van der Waals surface area contributed by atoms with Gasteiger partial charge in [-0.05, 0) is 12.1 Å². The molecule has 0 saturated heterocycles. The van der Waals surface area contributed by atoms with Crippen LogP contribution in [0.3, 0.4) is 0 Å². The molecular weight excluding hydrogens is 236 g/mol. The largest absolute Gasteiger partial charge is 0.488 e. The van der Waals surface area contributed by atoms with E-state index >= 15 is 0 Å². The van der Waals surface area contributed by atoms with Gasteiger partial charge in [0.15, 0.2) is 0 Å². The Labute approximate surface area is 103 Å². The fraction of sp³-hybridized carbons (Fsp3) is 0.0769. The highest BCUT2D eigenvalue weighted by atomic mass is 35.5. The van der Waals surface area contributed by atoms with Gasteiger partial charge < -0.3 is 4.74 Å². The van der Waals surface area contributed by atoms with E-state index in [4.69, 9.17) is 21.6 Å². The SMILES string of the molecule is N#Cc1cc2c(c(Cl)n1)-c1ccccc1OC2. The van der Waals surface area contributed by atoms with Crippen molar-refractivity contribution >= 4 is 11.6 Å². The van der Waals surface area contributed by atoms with Crippen molar-refractivity contribution in [1.29, 1.82) is 5.26 Å². The van der Waals surface area contributed by atoms with E-state index in [0.717, 1.165) is 22.4 Å². The first kappa shape index (κ1) is 10.1. The molecule has 3 rings (SSSR count). The predicted octanol–water partition coefficient (Wildman–Crippen LogP) is 3.17. The zero-order valence-corrected chi connectivity index (χ0v) is 9.53. The Balaban J connectivity index is 2.30. The number of halogens is 1. The molecule has 0 amide bonds. The maximum Gasteiger partial charge on any atom is 0.142 e. The summed E-state index contributed by atoms with van der Waals surface area (Å²) in [6.45, 7) is 0.420. The van der Waals surface area contributed by atoms with Crippen molar-refractivity contribution in [2.24, 2.45) is 0 Å². The summed E-state index contributed by atoms with van der Waals surface area (Å²) in [6, 6.07) is 11.4. The van der Waals surface area contributed by atoms with Gasteiger partial charge in [0.1, 0.15) is 29.3 Å². The molecule has 2 aromatic rings. The van der Waals surface area contributed by atoms with E-state index in [1.54, 1.807) is 6.07 Å². The van der Waals surface area contributed by atoms with Gasteiger partial charge in [-0.2, -0.15) is 5.26 Å². The number of para-hydroxylation sites is 1.